The maximum Gasteiger partial charge on any atom is 0.411 e. The number of likely N-dealkylation sites (N-methyl/N-ethyl adjacent to an activating group) is 1. The number of thioether (sulfide) groups is 1. The maximum absolute atomic E-state index is 15.1. The van der Waals surface area contributed by atoms with Crippen molar-refractivity contribution in [3.63, 3.8) is 0 Å². The standard InChI is InChI=1S/C45H50N4O12S/c1-20-12-24-13-26-27(16-46)48-28-17-57-42(53)45(25-15-30(55-8)29(51)14-23(25)10-11-47(45)7)18-62-41(33-32(28)40-39(58-19-59-40)21(2)38(33)60-22(3)50)35(48)34(31(24)36(52)37(20)56-9)49(26)43(54)61-44(4,5)6/h12,14-15,26-28,34-35,41,51-52H,10-11,13,17-19H2,1-9H3/t26-,27+,28+,34-,35?,41-,45-/m1/s1. The Morgan fingerprint density at radius 1 is 1.00 bits per heavy atom. The van der Waals surface area contributed by atoms with E-state index in [-0.39, 0.29) is 54.3 Å². The summed E-state index contributed by atoms with van der Waals surface area (Å²) >= 11 is 1.38. The minimum atomic E-state index is -1.43. The highest BCUT2D eigenvalue weighted by Gasteiger charge is 2.64. The van der Waals surface area contributed by atoms with E-state index < -0.39 is 64.6 Å². The van der Waals surface area contributed by atoms with Gasteiger partial charge >= 0.3 is 18.0 Å². The molecule has 0 aromatic heterocycles. The minimum Gasteiger partial charge on any atom is -0.504 e. The van der Waals surface area contributed by atoms with Gasteiger partial charge in [-0.1, -0.05) is 6.07 Å². The molecule has 3 aromatic rings. The zero-order valence-electron chi connectivity index (χ0n) is 36.1. The second-order valence-electron chi connectivity index (χ2n) is 17.8. The number of carbonyl (C=O) groups is 3. The lowest BCUT2D eigenvalue weighted by Crippen LogP contribution is -2.71. The number of esters is 2. The summed E-state index contributed by atoms with van der Waals surface area (Å²) < 4.78 is 42.6. The molecule has 0 aliphatic carbocycles. The van der Waals surface area contributed by atoms with Crippen LogP contribution in [-0.2, 0) is 37.4 Å². The first-order valence-electron chi connectivity index (χ1n) is 20.6. The van der Waals surface area contributed by atoms with Crippen molar-refractivity contribution in [3.8, 4) is 46.3 Å². The minimum absolute atomic E-state index is 0.0469. The third-order valence-corrected chi connectivity index (χ3v) is 14.7. The first-order chi connectivity index (χ1) is 29.5. The van der Waals surface area contributed by atoms with Crippen LogP contribution >= 0.6 is 11.8 Å². The number of hydrogen-bond acceptors (Lipinski definition) is 16. The molecule has 17 heteroatoms. The lowest BCUT2D eigenvalue weighted by Gasteiger charge is -2.62. The highest BCUT2D eigenvalue weighted by molar-refractivity contribution is 7.99. The van der Waals surface area contributed by atoms with Gasteiger partial charge in [-0.2, -0.15) is 5.26 Å². The van der Waals surface area contributed by atoms with E-state index in [0.717, 1.165) is 11.1 Å². The summed E-state index contributed by atoms with van der Waals surface area (Å²) in [5.74, 6) is 0.108. The van der Waals surface area contributed by atoms with E-state index in [1.807, 2.05) is 29.8 Å². The van der Waals surface area contributed by atoms with Gasteiger partial charge < -0.3 is 43.4 Å². The smallest absolute Gasteiger partial charge is 0.411 e. The molecular weight excluding hydrogens is 821 g/mol. The highest BCUT2D eigenvalue weighted by atomic mass is 32.2. The van der Waals surface area contributed by atoms with Crippen molar-refractivity contribution in [3.05, 3.63) is 62.7 Å². The summed E-state index contributed by atoms with van der Waals surface area (Å²) in [6.45, 7) is 10.3. The van der Waals surface area contributed by atoms with Crippen LogP contribution in [0.5, 0.6) is 40.2 Å². The van der Waals surface area contributed by atoms with Gasteiger partial charge in [0.1, 0.15) is 24.0 Å². The summed E-state index contributed by atoms with van der Waals surface area (Å²) in [6, 6.07) is 3.21. The molecule has 328 valence electrons. The summed E-state index contributed by atoms with van der Waals surface area (Å²) in [6.07, 6.45) is 0.0440. The van der Waals surface area contributed by atoms with Crippen molar-refractivity contribution in [2.24, 2.45) is 0 Å². The van der Waals surface area contributed by atoms with Crippen molar-refractivity contribution in [2.45, 2.75) is 101 Å². The largest absolute Gasteiger partial charge is 0.504 e. The van der Waals surface area contributed by atoms with Gasteiger partial charge in [-0.25, -0.2) is 9.59 Å². The molecule has 4 bridgehead atoms. The Morgan fingerprint density at radius 3 is 2.42 bits per heavy atom. The second kappa shape index (κ2) is 14.8. The molecule has 7 aliphatic rings. The third kappa shape index (κ3) is 5.96. The molecule has 7 heterocycles. The van der Waals surface area contributed by atoms with Crippen molar-refractivity contribution in [2.75, 3.05) is 47.0 Å². The average Bonchev–Trinajstić information content (AvgIpc) is 3.70. The molecule has 1 spiro atoms. The van der Waals surface area contributed by atoms with Crippen LogP contribution in [0.1, 0.15) is 89.5 Å². The van der Waals surface area contributed by atoms with Gasteiger partial charge in [0.2, 0.25) is 6.79 Å². The number of hydrogen-bond donors (Lipinski definition) is 2. The van der Waals surface area contributed by atoms with E-state index >= 15 is 4.79 Å². The number of nitrogens with zero attached hydrogens (tertiary/aromatic N) is 4. The number of phenols is 2. The van der Waals surface area contributed by atoms with E-state index in [4.69, 9.17) is 33.2 Å². The summed E-state index contributed by atoms with van der Waals surface area (Å²) in [5, 5.41) is 33.9. The van der Waals surface area contributed by atoms with Crippen LogP contribution in [0.25, 0.3) is 0 Å². The number of nitriles is 1. The first kappa shape index (κ1) is 41.8. The highest BCUT2D eigenvalue weighted by Crippen LogP contribution is 2.65. The fraction of sp³-hybridized carbons (Fsp3) is 0.511. The summed E-state index contributed by atoms with van der Waals surface area (Å²) in [4.78, 5) is 48.7. The van der Waals surface area contributed by atoms with Crippen molar-refractivity contribution in [1.82, 2.24) is 14.7 Å². The predicted octanol–water partition coefficient (Wildman–Crippen LogP) is 5.63. The van der Waals surface area contributed by atoms with Gasteiger partial charge in [-0.05, 0) is 88.9 Å². The van der Waals surface area contributed by atoms with Gasteiger partial charge in [0.15, 0.2) is 40.0 Å². The van der Waals surface area contributed by atoms with E-state index in [0.29, 0.717) is 57.8 Å². The maximum atomic E-state index is 15.1. The molecule has 2 saturated heterocycles. The molecule has 1 unspecified atom stereocenters. The molecule has 7 aliphatic heterocycles. The van der Waals surface area contributed by atoms with Gasteiger partial charge in [0, 0.05) is 41.5 Å². The molecule has 2 N–H and O–H groups in total. The number of aromatic hydroxyl groups is 2. The summed E-state index contributed by atoms with van der Waals surface area (Å²) in [7, 11) is 4.77. The number of amides is 1. The number of rotatable bonds is 3. The van der Waals surface area contributed by atoms with Crippen LogP contribution in [0.3, 0.4) is 0 Å². The number of ether oxygens (including phenoxy) is 7. The molecule has 62 heavy (non-hydrogen) atoms. The molecule has 10 rings (SSSR count). The number of phenolic OH excluding ortho intramolecular Hbond substituents is 2. The molecule has 3 aromatic carbocycles. The number of fused-ring (bicyclic) bond motifs is 9. The third-order valence-electron chi connectivity index (χ3n) is 13.2. The number of piperazine rings is 1. The molecular formula is C45H50N4O12S. The lowest BCUT2D eigenvalue weighted by molar-refractivity contribution is -0.163. The second-order valence-corrected chi connectivity index (χ2v) is 18.9. The van der Waals surface area contributed by atoms with E-state index in [1.165, 1.54) is 32.9 Å². The van der Waals surface area contributed by atoms with Crippen LogP contribution in [0, 0.1) is 25.2 Å². The Morgan fingerprint density at radius 2 is 1.74 bits per heavy atom. The van der Waals surface area contributed by atoms with E-state index in [2.05, 4.69) is 6.07 Å². The zero-order valence-corrected chi connectivity index (χ0v) is 36.9. The number of benzene rings is 3. The van der Waals surface area contributed by atoms with Crippen molar-refractivity contribution < 1.29 is 57.8 Å². The summed E-state index contributed by atoms with van der Waals surface area (Å²) in [5.41, 5.74) is 2.45. The van der Waals surface area contributed by atoms with Gasteiger partial charge in [-0.15, -0.1) is 11.8 Å². The Balaban J connectivity index is 1.37. The molecule has 2 fully saturated rings. The lowest BCUT2D eigenvalue weighted by atomic mass is 9.71. The van der Waals surface area contributed by atoms with E-state index in [1.54, 1.807) is 44.7 Å². The molecule has 7 atom stereocenters. The van der Waals surface area contributed by atoms with Gasteiger partial charge in [0.25, 0.3) is 0 Å². The van der Waals surface area contributed by atoms with Crippen molar-refractivity contribution in [1.29, 1.82) is 5.26 Å². The average molecular weight is 871 g/mol. The fourth-order valence-electron chi connectivity index (χ4n) is 10.8. The molecule has 0 radical (unpaired) electrons. The Labute approximate surface area is 363 Å². The SMILES string of the molecule is COc1cc2c(cc1O)CCN(C)[C@]21CS[C@@H]2c3c(OC(C)=O)c(C)c4c(c3[C@H](COC1=O)N1C2[C@H]2c3c(cc(C)c(OC)c3O)C[C@H]([C@@H]1C#N)N2C(=O)OC(C)(C)C)OCO4. The Kier molecular flexibility index (Phi) is 9.95. The molecule has 1 amide bonds. The van der Waals surface area contributed by atoms with E-state index in [9.17, 15) is 25.1 Å². The molecule has 0 saturated carbocycles. The topological polar surface area (TPSA) is 190 Å². The van der Waals surface area contributed by atoms with Crippen LogP contribution in [0.2, 0.25) is 0 Å². The zero-order chi connectivity index (χ0) is 44.3. The van der Waals surface area contributed by atoms with Crippen LogP contribution in [0.4, 0.5) is 4.79 Å². The number of carbonyl (C=O) groups excluding carboxylic acids is 3. The quantitative estimate of drug-likeness (QED) is 0.243. The molecule has 16 nitrogen and oxygen atoms in total. The number of aryl methyl sites for hydroxylation is 1. The van der Waals surface area contributed by atoms with Crippen LogP contribution in [0.15, 0.2) is 18.2 Å². The van der Waals surface area contributed by atoms with Crippen LogP contribution < -0.4 is 23.7 Å². The van der Waals surface area contributed by atoms with Gasteiger partial charge in [0.05, 0.1) is 49.7 Å². The first-order valence-corrected chi connectivity index (χ1v) is 21.6. The van der Waals surface area contributed by atoms with Crippen molar-refractivity contribution >= 4 is 29.8 Å². The normalized spacial score (nSPS) is 27.2. The Hall–Kier alpha value is -5.57. The number of methoxy groups -OCH3 is 2. The fourth-order valence-corrected chi connectivity index (χ4v) is 12.6. The monoisotopic (exact) mass is 870 g/mol. The predicted molar refractivity (Wildman–Crippen MR) is 223 cm³/mol. The Bertz CT molecular complexity index is 2480. The van der Waals surface area contributed by atoms with Gasteiger partial charge in [-0.3, -0.25) is 19.5 Å². The van der Waals surface area contributed by atoms with Crippen LogP contribution in [-0.4, -0.2) is 114 Å².